The summed E-state index contributed by atoms with van der Waals surface area (Å²) in [5.41, 5.74) is 3.16. The average Bonchev–Trinajstić information content (AvgIpc) is 2.68. The van der Waals surface area contributed by atoms with Gasteiger partial charge in [-0.25, -0.2) is 4.39 Å². The molecule has 6 nitrogen and oxygen atoms in total. The summed E-state index contributed by atoms with van der Waals surface area (Å²) in [5, 5.41) is 3.25. The molecule has 0 unspecified atom stereocenters. The first-order valence-corrected chi connectivity index (χ1v) is 9.30. The molecule has 0 saturated carbocycles. The number of nitrogens with one attached hydrogen (secondary N) is 1. The van der Waals surface area contributed by atoms with E-state index in [0.717, 1.165) is 22.5 Å². The molecule has 3 rings (SSSR count). The zero-order valence-corrected chi connectivity index (χ0v) is 17.4. The first-order valence-electron chi connectivity index (χ1n) is 8.93. The van der Waals surface area contributed by atoms with Crippen LogP contribution in [0.2, 0.25) is 5.02 Å². The minimum Gasteiger partial charge on any atom is -0.490 e. The first kappa shape index (κ1) is 20.7. The van der Waals surface area contributed by atoms with E-state index in [1.165, 1.54) is 13.2 Å². The molecule has 3 aromatic rings. The third-order valence-electron chi connectivity index (χ3n) is 4.49. The maximum atomic E-state index is 13.5. The summed E-state index contributed by atoms with van der Waals surface area (Å²) in [6.07, 6.45) is 1.57. The van der Waals surface area contributed by atoms with Gasteiger partial charge in [0.15, 0.2) is 0 Å². The van der Waals surface area contributed by atoms with Crippen LogP contribution in [0, 0.1) is 12.7 Å². The third-order valence-corrected chi connectivity index (χ3v) is 4.78. The van der Waals surface area contributed by atoms with E-state index < -0.39 is 11.4 Å². The molecule has 0 atom stereocenters. The molecule has 152 valence electrons. The Kier molecular flexibility index (Phi) is 6.08. The van der Waals surface area contributed by atoms with Gasteiger partial charge in [-0.1, -0.05) is 17.7 Å². The lowest BCUT2D eigenvalue weighted by Crippen LogP contribution is -2.19. The highest BCUT2D eigenvalue weighted by Crippen LogP contribution is 2.25. The van der Waals surface area contributed by atoms with E-state index in [1.807, 2.05) is 44.1 Å². The van der Waals surface area contributed by atoms with Crippen molar-refractivity contribution in [3.63, 3.8) is 0 Å². The second kappa shape index (κ2) is 8.53. The van der Waals surface area contributed by atoms with Crippen LogP contribution < -0.4 is 20.5 Å². The number of hydrogen-bond acceptors (Lipinski definition) is 5. The van der Waals surface area contributed by atoms with Gasteiger partial charge in [0.1, 0.15) is 5.82 Å². The fourth-order valence-corrected chi connectivity index (χ4v) is 3.06. The Morgan fingerprint density at radius 3 is 2.62 bits per heavy atom. The van der Waals surface area contributed by atoms with Crippen LogP contribution in [0.5, 0.6) is 5.75 Å². The number of nitrogens with zero attached hydrogens (tertiary/aromatic N) is 3. The molecule has 0 fully saturated rings. The maximum absolute atomic E-state index is 13.5. The van der Waals surface area contributed by atoms with Crippen molar-refractivity contribution in [1.82, 2.24) is 9.55 Å². The summed E-state index contributed by atoms with van der Waals surface area (Å²) < 4.78 is 20.3. The van der Waals surface area contributed by atoms with Crippen molar-refractivity contribution in [1.29, 1.82) is 0 Å². The zero-order chi connectivity index (χ0) is 21.1. The monoisotopic (exact) mass is 416 g/mol. The highest BCUT2D eigenvalue weighted by atomic mass is 35.5. The van der Waals surface area contributed by atoms with Crippen molar-refractivity contribution >= 4 is 28.9 Å². The number of anilines is 3. The summed E-state index contributed by atoms with van der Waals surface area (Å²) in [5.74, 6) is -0.0265. The molecule has 0 amide bonds. The Balaban J connectivity index is 2.00. The van der Waals surface area contributed by atoms with E-state index in [9.17, 15) is 9.18 Å². The number of methoxy groups -OCH3 is 1. The Morgan fingerprint density at radius 2 is 2.00 bits per heavy atom. The van der Waals surface area contributed by atoms with E-state index in [1.54, 1.807) is 22.9 Å². The lowest BCUT2D eigenvalue weighted by atomic mass is 10.1. The second-order valence-electron chi connectivity index (χ2n) is 6.83. The van der Waals surface area contributed by atoms with E-state index >= 15 is 0 Å². The van der Waals surface area contributed by atoms with Gasteiger partial charge in [-0.3, -0.25) is 4.79 Å². The highest BCUT2D eigenvalue weighted by Gasteiger charge is 2.12. The predicted molar refractivity (Wildman–Crippen MR) is 114 cm³/mol. The molecule has 2 aromatic carbocycles. The first-order chi connectivity index (χ1) is 13.8. The van der Waals surface area contributed by atoms with Gasteiger partial charge in [-0.2, -0.15) is 4.98 Å². The summed E-state index contributed by atoms with van der Waals surface area (Å²) in [6, 6.07) is 10.4. The second-order valence-corrected chi connectivity index (χ2v) is 7.24. The van der Waals surface area contributed by atoms with Crippen molar-refractivity contribution in [3.8, 4) is 5.75 Å². The van der Waals surface area contributed by atoms with Crippen LogP contribution in [0.1, 0.15) is 11.1 Å². The molecule has 1 N–H and O–H groups in total. The lowest BCUT2D eigenvalue weighted by Gasteiger charge is -2.18. The molecular formula is C21H22ClFN4O2. The van der Waals surface area contributed by atoms with Gasteiger partial charge in [-0.05, 0) is 48.4 Å². The summed E-state index contributed by atoms with van der Waals surface area (Å²) in [7, 11) is 5.35. The molecule has 1 aromatic heterocycles. The minimum absolute atomic E-state index is 0.0353. The molecule has 0 aliphatic heterocycles. The average molecular weight is 417 g/mol. The zero-order valence-electron chi connectivity index (χ0n) is 16.7. The van der Waals surface area contributed by atoms with Gasteiger partial charge in [-0.15, -0.1) is 0 Å². The fraction of sp³-hybridized carbons (Fsp3) is 0.238. The van der Waals surface area contributed by atoms with Crippen molar-refractivity contribution < 1.29 is 9.13 Å². The Labute approximate surface area is 173 Å². The van der Waals surface area contributed by atoms with Gasteiger partial charge < -0.3 is 19.5 Å². The van der Waals surface area contributed by atoms with E-state index in [2.05, 4.69) is 10.3 Å². The Hall–Kier alpha value is -3.06. The quantitative estimate of drug-likeness (QED) is 0.652. The van der Waals surface area contributed by atoms with Crippen LogP contribution in [0.15, 0.2) is 47.4 Å². The van der Waals surface area contributed by atoms with Crippen LogP contribution in [0.4, 0.5) is 21.7 Å². The number of rotatable bonds is 6. The van der Waals surface area contributed by atoms with Crippen molar-refractivity contribution in [2.45, 2.75) is 13.5 Å². The topological polar surface area (TPSA) is 59.4 Å². The van der Waals surface area contributed by atoms with Crippen molar-refractivity contribution in [2.24, 2.45) is 0 Å². The number of hydrogen-bond donors (Lipinski definition) is 1. The molecular weight excluding hydrogens is 395 g/mol. The van der Waals surface area contributed by atoms with Crippen LogP contribution in [0.3, 0.4) is 0 Å². The predicted octanol–water partition coefficient (Wildman–Crippen LogP) is 4.21. The largest absolute Gasteiger partial charge is 0.490 e. The Morgan fingerprint density at radius 1 is 1.24 bits per heavy atom. The molecule has 0 bridgehead atoms. The number of aromatic nitrogens is 2. The van der Waals surface area contributed by atoms with E-state index in [0.29, 0.717) is 12.5 Å². The van der Waals surface area contributed by atoms with Gasteiger partial charge >= 0.3 is 5.56 Å². The van der Waals surface area contributed by atoms with Gasteiger partial charge in [0, 0.05) is 25.5 Å². The van der Waals surface area contributed by atoms with Crippen LogP contribution in [0.25, 0.3) is 0 Å². The molecule has 0 spiro atoms. The fourth-order valence-electron chi connectivity index (χ4n) is 2.86. The van der Waals surface area contributed by atoms with E-state index in [-0.39, 0.29) is 10.8 Å². The molecule has 1 heterocycles. The van der Waals surface area contributed by atoms with Crippen molar-refractivity contribution in [2.75, 3.05) is 31.4 Å². The lowest BCUT2D eigenvalue weighted by molar-refractivity contribution is 0.402. The van der Waals surface area contributed by atoms with Crippen LogP contribution >= 0.6 is 11.6 Å². The molecule has 29 heavy (non-hydrogen) atoms. The van der Waals surface area contributed by atoms with Crippen molar-refractivity contribution in [3.05, 3.63) is 74.9 Å². The third kappa shape index (κ3) is 4.68. The number of benzene rings is 2. The standard InChI is InChI=1S/C21H22ClFN4O2/c1-13-9-15(26(2)3)6-8-18(13)24-21-25-20(28)19(29-4)12-27(21)11-14-5-7-17(23)16(22)10-14/h5-10,12H,11H2,1-4H3,(H,24,25,28). The summed E-state index contributed by atoms with van der Waals surface area (Å²) in [6.45, 7) is 2.29. The number of halogens is 2. The highest BCUT2D eigenvalue weighted by molar-refractivity contribution is 6.30. The number of ether oxygens (including phenoxy) is 1. The van der Waals surface area contributed by atoms with Crippen LogP contribution in [-0.4, -0.2) is 30.8 Å². The normalized spacial score (nSPS) is 10.7. The van der Waals surface area contributed by atoms with Gasteiger partial charge in [0.05, 0.1) is 24.9 Å². The molecule has 0 radical (unpaired) electrons. The molecule has 0 saturated heterocycles. The molecule has 8 heteroatoms. The van der Waals surface area contributed by atoms with E-state index in [4.69, 9.17) is 16.3 Å². The SMILES string of the molecule is COc1cn(Cc2ccc(F)c(Cl)c2)c(Nc2ccc(N(C)C)cc2C)nc1=O. The maximum Gasteiger partial charge on any atom is 0.316 e. The Bertz CT molecular complexity index is 1100. The summed E-state index contributed by atoms with van der Waals surface area (Å²) >= 11 is 5.90. The molecule has 0 aliphatic carbocycles. The van der Waals surface area contributed by atoms with Crippen LogP contribution in [-0.2, 0) is 6.54 Å². The van der Waals surface area contributed by atoms with Gasteiger partial charge in [0.25, 0.3) is 0 Å². The smallest absolute Gasteiger partial charge is 0.316 e. The summed E-state index contributed by atoms with van der Waals surface area (Å²) in [4.78, 5) is 18.4. The minimum atomic E-state index is -0.485. The van der Waals surface area contributed by atoms with Gasteiger partial charge in [0.2, 0.25) is 11.7 Å². The molecule has 0 aliphatic rings. The number of aryl methyl sites for hydroxylation is 1.